The lowest BCUT2D eigenvalue weighted by molar-refractivity contribution is 0.297. The average Bonchev–Trinajstić information content (AvgIpc) is 2.60. The fourth-order valence-electron chi connectivity index (χ4n) is 1.94. The molecular formula is C16H25NO2S. The second-order valence-corrected chi connectivity index (χ2v) is 7.73. The minimum atomic E-state index is 0.166. The summed E-state index contributed by atoms with van der Waals surface area (Å²) in [5.41, 5.74) is 0.166. The molecule has 0 fully saturated rings. The number of hydrogen-bond donors (Lipinski definition) is 1. The van der Waals surface area contributed by atoms with Crippen molar-refractivity contribution in [3.05, 3.63) is 18.2 Å². The van der Waals surface area contributed by atoms with Crippen molar-refractivity contribution in [2.45, 2.75) is 49.8 Å². The van der Waals surface area contributed by atoms with Crippen LogP contribution in [0.5, 0.6) is 11.5 Å². The summed E-state index contributed by atoms with van der Waals surface area (Å²) >= 11 is 1.87. The zero-order valence-corrected chi connectivity index (χ0v) is 13.7. The third-order valence-electron chi connectivity index (χ3n) is 2.98. The molecule has 0 bridgehead atoms. The molecule has 0 saturated heterocycles. The van der Waals surface area contributed by atoms with Crippen molar-refractivity contribution in [1.29, 1.82) is 0 Å². The van der Waals surface area contributed by atoms with E-state index in [4.69, 9.17) is 9.47 Å². The minimum Gasteiger partial charge on any atom is -0.490 e. The van der Waals surface area contributed by atoms with E-state index in [-0.39, 0.29) is 5.54 Å². The highest BCUT2D eigenvalue weighted by molar-refractivity contribution is 8.00. The molecule has 1 heterocycles. The van der Waals surface area contributed by atoms with Gasteiger partial charge in [0.25, 0.3) is 0 Å². The molecule has 1 atom stereocenters. The van der Waals surface area contributed by atoms with E-state index in [2.05, 4.69) is 45.1 Å². The summed E-state index contributed by atoms with van der Waals surface area (Å²) in [5.74, 6) is 1.75. The van der Waals surface area contributed by atoms with Crippen LogP contribution < -0.4 is 14.8 Å². The van der Waals surface area contributed by atoms with E-state index in [1.807, 2.05) is 17.8 Å². The zero-order chi connectivity index (χ0) is 14.6. The van der Waals surface area contributed by atoms with Crippen LogP contribution in [-0.2, 0) is 0 Å². The van der Waals surface area contributed by atoms with Crippen molar-refractivity contribution in [3.8, 4) is 11.5 Å². The molecule has 1 aliphatic rings. The highest BCUT2D eigenvalue weighted by atomic mass is 32.2. The van der Waals surface area contributed by atoms with Gasteiger partial charge in [0.1, 0.15) is 0 Å². The molecule has 3 nitrogen and oxygen atoms in total. The molecule has 1 aliphatic heterocycles. The van der Waals surface area contributed by atoms with Gasteiger partial charge in [-0.05, 0) is 39.0 Å². The standard InChI is InChI=1S/C16H25NO2S/c1-12(11-17-16(2,3)4)20-13-6-7-14-15(10-13)19-9-5-8-18-14/h6-7,10,12,17H,5,8-9,11H2,1-4H3. The first-order valence-corrected chi connectivity index (χ1v) is 8.13. The number of rotatable bonds is 4. The predicted molar refractivity (Wildman–Crippen MR) is 85.1 cm³/mol. The quantitative estimate of drug-likeness (QED) is 0.858. The van der Waals surface area contributed by atoms with Crippen LogP contribution >= 0.6 is 11.8 Å². The maximum absolute atomic E-state index is 5.73. The van der Waals surface area contributed by atoms with Crippen molar-refractivity contribution in [2.24, 2.45) is 0 Å². The van der Waals surface area contributed by atoms with Crippen LogP contribution in [0.2, 0.25) is 0 Å². The molecule has 0 aliphatic carbocycles. The Morgan fingerprint density at radius 3 is 2.60 bits per heavy atom. The largest absolute Gasteiger partial charge is 0.490 e. The molecule has 0 aromatic heterocycles. The van der Waals surface area contributed by atoms with Gasteiger partial charge < -0.3 is 14.8 Å². The van der Waals surface area contributed by atoms with Gasteiger partial charge in [0.15, 0.2) is 11.5 Å². The van der Waals surface area contributed by atoms with Crippen LogP contribution in [0.4, 0.5) is 0 Å². The lowest BCUT2D eigenvalue weighted by Gasteiger charge is -2.23. The normalized spacial score (nSPS) is 16.6. The third-order valence-corrected chi connectivity index (χ3v) is 4.07. The summed E-state index contributed by atoms with van der Waals surface area (Å²) in [7, 11) is 0. The number of fused-ring (bicyclic) bond motifs is 1. The Hall–Kier alpha value is -0.870. The average molecular weight is 295 g/mol. The van der Waals surface area contributed by atoms with E-state index in [9.17, 15) is 0 Å². The fourth-order valence-corrected chi connectivity index (χ4v) is 2.89. The molecule has 0 amide bonds. The molecule has 1 aromatic rings. The summed E-state index contributed by atoms with van der Waals surface area (Å²) in [6, 6.07) is 6.23. The second-order valence-electron chi connectivity index (χ2n) is 6.22. The number of nitrogens with one attached hydrogen (secondary N) is 1. The first-order chi connectivity index (χ1) is 9.44. The van der Waals surface area contributed by atoms with Crippen LogP contribution in [0, 0.1) is 0 Å². The van der Waals surface area contributed by atoms with Gasteiger partial charge in [0.2, 0.25) is 0 Å². The maximum atomic E-state index is 5.73. The fraction of sp³-hybridized carbons (Fsp3) is 0.625. The topological polar surface area (TPSA) is 30.5 Å². The SMILES string of the molecule is CC(CNC(C)(C)C)Sc1ccc2c(c1)OCCCO2. The Morgan fingerprint density at radius 1 is 1.20 bits per heavy atom. The van der Waals surface area contributed by atoms with E-state index in [1.165, 1.54) is 4.90 Å². The van der Waals surface area contributed by atoms with Crippen LogP contribution in [-0.4, -0.2) is 30.5 Å². The lowest BCUT2D eigenvalue weighted by Crippen LogP contribution is -2.39. The van der Waals surface area contributed by atoms with E-state index >= 15 is 0 Å². The molecule has 20 heavy (non-hydrogen) atoms. The maximum Gasteiger partial charge on any atom is 0.162 e. The predicted octanol–water partition coefficient (Wildman–Crippen LogP) is 3.72. The number of hydrogen-bond acceptors (Lipinski definition) is 4. The summed E-state index contributed by atoms with van der Waals surface area (Å²) in [5, 5.41) is 4.05. The first-order valence-electron chi connectivity index (χ1n) is 7.25. The molecule has 1 N–H and O–H groups in total. The van der Waals surface area contributed by atoms with Crippen molar-refractivity contribution in [3.63, 3.8) is 0 Å². The summed E-state index contributed by atoms with van der Waals surface area (Å²) in [4.78, 5) is 1.23. The number of benzene rings is 1. The number of thioether (sulfide) groups is 1. The van der Waals surface area contributed by atoms with Gasteiger partial charge >= 0.3 is 0 Å². The Labute approximate surface area is 126 Å². The zero-order valence-electron chi connectivity index (χ0n) is 12.9. The molecule has 2 rings (SSSR count). The molecule has 0 radical (unpaired) electrons. The van der Waals surface area contributed by atoms with Crippen molar-refractivity contribution in [1.82, 2.24) is 5.32 Å². The molecule has 1 aromatic carbocycles. The van der Waals surface area contributed by atoms with Gasteiger partial charge in [-0.2, -0.15) is 0 Å². The van der Waals surface area contributed by atoms with Gasteiger partial charge in [-0.1, -0.05) is 6.92 Å². The lowest BCUT2D eigenvalue weighted by atomic mass is 10.1. The minimum absolute atomic E-state index is 0.166. The first kappa shape index (κ1) is 15.5. The molecular weight excluding hydrogens is 270 g/mol. The Morgan fingerprint density at radius 2 is 1.90 bits per heavy atom. The summed E-state index contributed by atoms with van der Waals surface area (Å²) in [6.45, 7) is 11.3. The molecule has 1 unspecified atom stereocenters. The van der Waals surface area contributed by atoms with Crippen LogP contribution in [0.3, 0.4) is 0 Å². The second kappa shape index (κ2) is 6.72. The van der Waals surface area contributed by atoms with E-state index in [0.29, 0.717) is 5.25 Å². The van der Waals surface area contributed by atoms with Gasteiger partial charge in [0, 0.05) is 28.6 Å². The smallest absolute Gasteiger partial charge is 0.162 e. The number of ether oxygens (including phenoxy) is 2. The van der Waals surface area contributed by atoms with Crippen molar-refractivity contribution in [2.75, 3.05) is 19.8 Å². The monoisotopic (exact) mass is 295 g/mol. The van der Waals surface area contributed by atoms with Gasteiger partial charge in [-0.15, -0.1) is 11.8 Å². The van der Waals surface area contributed by atoms with E-state index in [1.54, 1.807) is 0 Å². The van der Waals surface area contributed by atoms with Crippen LogP contribution in [0.1, 0.15) is 34.1 Å². The highest BCUT2D eigenvalue weighted by Gasteiger charge is 2.14. The van der Waals surface area contributed by atoms with Crippen molar-refractivity contribution >= 4 is 11.8 Å². The Kier molecular flexibility index (Phi) is 5.22. The van der Waals surface area contributed by atoms with Gasteiger partial charge in [-0.25, -0.2) is 0 Å². The van der Waals surface area contributed by atoms with Crippen LogP contribution in [0.15, 0.2) is 23.1 Å². The molecule has 0 spiro atoms. The van der Waals surface area contributed by atoms with Crippen molar-refractivity contribution < 1.29 is 9.47 Å². The third kappa shape index (κ3) is 4.91. The molecule has 4 heteroatoms. The van der Waals surface area contributed by atoms with Gasteiger partial charge in [0.05, 0.1) is 13.2 Å². The summed E-state index contributed by atoms with van der Waals surface area (Å²) in [6.07, 6.45) is 0.947. The summed E-state index contributed by atoms with van der Waals surface area (Å²) < 4.78 is 11.4. The Bertz CT molecular complexity index is 443. The van der Waals surface area contributed by atoms with E-state index < -0.39 is 0 Å². The van der Waals surface area contributed by atoms with Gasteiger partial charge in [-0.3, -0.25) is 0 Å². The molecule has 0 saturated carbocycles. The Balaban J connectivity index is 1.94. The molecule has 112 valence electrons. The highest BCUT2D eigenvalue weighted by Crippen LogP contribution is 2.35. The van der Waals surface area contributed by atoms with E-state index in [0.717, 1.165) is 37.7 Å². The van der Waals surface area contributed by atoms with Crippen LogP contribution in [0.25, 0.3) is 0 Å².